The van der Waals surface area contributed by atoms with Gasteiger partial charge in [-0.2, -0.15) is 0 Å². The molecule has 2 saturated heterocycles. The number of piperidine rings is 1. The predicted molar refractivity (Wildman–Crippen MR) is 87.6 cm³/mol. The molecule has 3 heteroatoms. The Kier molecular flexibility index (Phi) is 4.37. The molecule has 0 amide bonds. The van der Waals surface area contributed by atoms with Crippen LogP contribution in [0.25, 0.3) is 0 Å². The van der Waals surface area contributed by atoms with E-state index in [9.17, 15) is 0 Å². The quantitative estimate of drug-likeness (QED) is 0.846. The first-order valence-electron chi connectivity index (χ1n) is 9.02. The largest absolute Gasteiger partial charge is 0.367 e. The number of nitrogens with zero attached hydrogens (tertiary/aromatic N) is 1. The number of morpholine rings is 1. The first kappa shape index (κ1) is 15.8. The summed E-state index contributed by atoms with van der Waals surface area (Å²) in [6.45, 7) is 12.2. The van der Waals surface area contributed by atoms with Crippen LogP contribution in [0.2, 0.25) is 0 Å². The zero-order valence-electron chi connectivity index (χ0n) is 14.5. The summed E-state index contributed by atoms with van der Waals surface area (Å²) in [7, 11) is 0. The maximum absolute atomic E-state index is 6.20. The molecule has 21 heavy (non-hydrogen) atoms. The van der Waals surface area contributed by atoms with Gasteiger partial charge < -0.3 is 10.1 Å². The summed E-state index contributed by atoms with van der Waals surface area (Å²) >= 11 is 0. The third kappa shape index (κ3) is 4.00. The van der Waals surface area contributed by atoms with Gasteiger partial charge in [-0.25, -0.2) is 0 Å². The molecule has 3 nitrogen and oxygen atoms in total. The van der Waals surface area contributed by atoms with Crippen molar-refractivity contribution in [1.82, 2.24) is 10.2 Å². The third-order valence-corrected chi connectivity index (χ3v) is 5.48. The second-order valence-corrected chi connectivity index (χ2v) is 8.88. The van der Waals surface area contributed by atoms with Gasteiger partial charge in [-0.3, -0.25) is 4.90 Å². The number of fused-ring (bicyclic) bond motifs is 1. The van der Waals surface area contributed by atoms with E-state index in [2.05, 4.69) is 37.9 Å². The van der Waals surface area contributed by atoms with Crippen molar-refractivity contribution in [1.29, 1.82) is 0 Å². The highest BCUT2D eigenvalue weighted by Crippen LogP contribution is 2.33. The van der Waals surface area contributed by atoms with Gasteiger partial charge in [-0.05, 0) is 59.3 Å². The van der Waals surface area contributed by atoms with Gasteiger partial charge in [-0.15, -0.1) is 0 Å². The Morgan fingerprint density at radius 1 is 0.952 bits per heavy atom. The van der Waals surface area contributed by atoms with Gasteiger partial charge in [0.05, 0.1) is 11.2 Å². The molecule has 1 saturated carbocycles. The van der Waals surface area contributed by atoms with Gasteiger partial charge in [0.1, 0.15) is 0 Å². The molecular formula is C18H34N2O. The van der Waals surface area contributed by atoms with Crippen LogP contribution in [0.15, 0.2) is 0 Å². The number of hydrogen-bond acceptors (Lipinski definition) is 3. The summed E-state index contributed by atoms with van der Waals surface area (Å²) in [4.78, 5) is 2.63. The molecule has 0 aromatic rings. The van der Waals surface area contributed by atoms with E-state index in [0.717, 1.165) is 25.0 Å². The minimum atomic E-state index is -0.0240. The summed E-state index contributed by atoms with van der Waals surface area (Å²) in [6.07, 6.45) is 8.56. The number of ether oxygens (including phenoxy) is 1. The molecule has 0 spiro atoms. The van der Waals surface area contributed by atoms with Crippen molar-refractivity contribution in [3.8, 4) is 0 Å². The van der Waals surface area contributed by atoms with E-state index in [1.54, 1.807) is 0 Å². The second kappa shape index (κ2) is 5.82. The van der Waals surface area contributed by atoms with Crippen molar-refractivity contribution in [3.63, 3.8) is 0 Å². The van der Waals surface area contributed by atoms with Gasteiger partial charge in [0.2, 0.25) is 0 Å². The maximum atomic E-state index is 6.20. The van der Waals surface area contributed by atoms with E-state index < -0.39 is 0 Å². The minimum absolute atomic E-state index is 0.0240. The molecule has 2 heterocycles. The van der Waals surface area contributed by atoms with Crippen molar-refractivity contribution in [3.05, 3.63) is 0 Å². The molecule has 1 N–H and O–H groups in total. The smallest absolute Gasteiger partial charge is 0.0760 e. The molecule has 2 aliphatic heterocycles. The molecule has 122 valence electrons. The third-order valence-electron chi connectivity index (χ3n) is 5.48. The molecule has 3 aliphatic rings. The first-order valence-corrected chi connectivity index (χ1v) is 9.02. The van der Waals surface area contributed by atoms with E-state index in [1.165, 1.54) is 45.1 Å². The Morgan fingerprint density at radius 3 is 2.33 bits per heavy atom. The number of hydrogen-bond donors (Lipinski definition) is 1. The average Bonchev–Trinajstić information content (AvgIpc) is 2.34. The first-order chi connectivity index (χ1) is 9.83. The van der Waals surface area contributed by atoms with Crippen LogP contribution in [0.4, 0.5) is 0 Å². The SMILES string of the molecule is CC1(C)CN(CC2CCC3CCCCC3N2)CC(C)(C)O1. The van der Waals surface area contributed by atoms with Gasteiger partial charge in [0, 0.05) is 31.7 Å². The Bertz CT molecular complexity index is 350. The van der Waals surface area contributed by atoms with Crippen LogP contribution >= 0.6 is 0 Å². The summed E-state index contributed by atoms with van der Waals surface area (Å²) in [5.74, 6) is 0.965. The lowest BCUT2D eigenvalue weighted by atomic mass is 9.77. The summed E-state index contributed by atoms with van der Waals surface area (Å²) in [6, 6.07) is 1.49. The highest BCUT2D eigenvalue weighted by atomic mass is 16.5. The van der Waals surface area contributed by atoms with Gasteiger partial charge in [0.15, 0.2) is 0 Å². The van der Waals surface area contributed by atoms with Crippen LogP contribution < -0.4 is 5.32 Å². The second-order valence-electron chi connectivity index (χ2n) is 8.88. The van der Waals surface area contributed by atoms with Gasteiger partial charge in [0.25, 0.3) is 0 Å². The topological polar surface area (TPSA) is 24.5 Å². The summed E-state index contributed by atoms with van der Waals surface area (Å²) in [5.41, 5.74) is -0.0480. The summed E-state index contributed by atoms with van der Waals surface area (Å²) in [5, 5.41) is 3.97. The van der Waals surface area contributed by atoms with E-state index >= 15 is 0 Å². The fourth-order valence-electron chi connectivity index (χ4n) is 5.10. The molecule has 3 fully saturated rings. The Morgan fingerprint density at radius 2 is 1.62 bits per heavy atom. The molecule has 0 radical (unpaired) electrons. The van der Waals surface area contributed by atoms with Crippen molar-refractivity contribution in [2.24, 2.45) is 5.92 Å². The predicted octanol–water partition coefficient (Wildman–Crippen LogP) is 3.19. The van der Waals surface area contributed by atoms with Crippen molar-refractivity contribution in [2.45, 2.75) is 89.5 Å². The standard InChI is InChI=1S/C18H34N2O/c1-17(2)12-20(13-18(3,4)21-17)11-15-10-9-14-7-5-6-8-16(14)19-15/h14-16,19H,5-13H2,1-4H3. The molecule has 0 aromatic heterocycles. The Hall–Kier alpha value is -0.120. The lowest BCUT2D eigenvalue weighted by Gasteiger charge is -2.49. The van der Waals surface area contributed by atoms with E-state index in [0.29, 0.717) is 6.04 Å². The van der Waals surface area contributed by atoms with Crippen LogP contribution in [0.5, 0.6) is 0 Å². The number of rotatable bonds is 2. The van der Waals surface area contributed by atoms with Crippen LogP contribution in [-0.2, 0) is 4.74 Å². The lowest BCUT2D eigenvalue weighted by molar-refractivity contribution is -0.181. The highest BCUT2D eigenvalue weighted by molar-refractivity contribution is 4.94. The zero-order valence-corrected chi connectivity index (χ0v) is 14.5. The number of nitrogens with one attached hydrogen (secondary N) is 1. The molecule has 1 aliphatic carbocycles. The fourth-order valence-corrected chi connectivity index (χ4v) is 5.10. The minimum Gasteiger partial charge on any atom is -0.367 e. The molecule has 3 unspecified atom stereocenters. The van der Waals surface area contributed by atoms with Crippen LogP contribution in [0, 0.1) is 5.92 Å². The molecular weight excluding hydrogens is 260 g/mol. The Balaban J connectivity index is 1.56. The monoisotopic (exact) mass is 294 g/mol. The highest BCUT2D eigenvalue weighted by Gasteiger charge is 2.39. The van der Waals surface area contributed by atoms with Crippen LogP contribution in [0.3, 0.4) is 0 Å². The van der Waals surface area contributed by atoms with E-state index in [-0.39, 0.29) is 11.2 Å². The van der Waals surface area contributed by atoms with Crippen molar-refractivity contribution in [2.75, 3.05) is 19.6 Å². The molecule has 3 atom stereocenters. The Labute approximate surface area is 130 Å². The summed E-state index contributed by atoms with van der Waals surface area (Å²) < 4.78 is 6.20. The van der Waals surface area contributed by atoms with Crippen LogP contribution in [-0.4, -0.2) is 47.8 Å². The fraction of sp³-hybridized carbons (Fsp3) is 1.00. The normalized spacial score (nSPS) is 39.7. The van der Waals surface area contributed by atoms with E-state index in [1.807, 2.05) is 0 Å². The van der Waals surface area contributed by atoms with Crippen molar-refractivity contribution >= 4 is 0 Å². The van der Waals surface area contributed by atoms with Gasteiger partial charge in [-0.1, -0.05) is 12.8 Å². The van der Waals surface area contributed by atoms with E-state index in [4.69, 9.17) is 4.74 Å². The molecule has 0 aromatic carbocycles. The van der Waals surface area contributed by atoms with Crippen LogP contribution in [0.1, 0.15) is 66.2 Å². The average molecular weight is 294 g/mol. The van der Waals surface area contributed by atoms with Crippen molar-refractivity contribution < 1.29 is 4.74 Å². The zero-order chi connectivity index (χ0) is 15.1. The lowest BCUT2D eigenvalue weighted by Crippen LogP contribution is -2.60. The van der Waals surface area contributed by atoms with Gasteiger partial charge >= 0.3 is 0 Å². The molecule has 3 rings (SSSR count). The maximum Gasteiger partial charge on any atom is 0.0760 e. The molecule has 0 bridgehead atoms.